The lowest BCUT2D eigenvalue weighted by Crippen LogP contribution is -2.33. The molecule has 2 N–H and O–H groups in total. The second kappa shape index (κ2) is 5.73. The lowest BCUT2D eigenvalue weighted by molar-refractivity contribution is -0.122. The first kappa shape index (κ1) is 13.3. The van der Waals surface area contributed by atoms with Crippen LogP contribution >= 0.6 is 0 Å². The average molecular weight is 275 g/mol. The molecule has 1 saturated heterocycles. The molecule has 1 atom stereocenters. The van der Waals surface area contributed by atoms with E-state index in [9.17, 15) is 9.90 Å². The summed E-state index contributed by atoms with van der Waals surface area (Å²) in [6, 6.07) is 5.57. The van der Waals surface area contributed by atoms with E-state index in [1.807, 2.05) is 12.1 Å². The number of benzene rings is 1. The van der Waals surface area contributed by atoms with E-state index in [1.165, 1.54) is 12.8 Å². The van der Waals surface area contributed by atoms with Gasteiger partial charge in [0.25, 0.3) is 0 Å². The molecule has 0 aromatic heterocycles. The van der Waals surface area contributed by atoms with Gasteiger partial charge >= 0.3 is 0 Å². The van der Waals surface area contributed by atoms with Gasteiger partial charge < -0.3 is 15.2 Å². The van der Waals surface area contributed by atoms with Crippen LogP contribution in [0.4, 0.5) is 0 Å². The number of hydrogen-bond acceptors (Lipinski definition) is 3. The molecule has 3 rings (SSSR count). The lowest BCUT2D eigenvalue weighted by Gasteiger charge is -2.24. The number of carbonyl (C=O) groups is 1. The summed E-state index contributed by atoms with van der Waals surface area (Å²) in [5, 5.41) is 12.8. The fourth-order valence-electron chi connectivity index (χ4n) is 3.08. The van der Waals surface area contributed by atoms with E-state index in [4.69, 9.17) is 4.74 Å². The van der Waals surface area contributed by atoms with E-state index >= 15 is 0 Å². The molecule has 4 nitrogen and oxygen atoms in total. The van der Waals surface area contributed by atoms with Crippen molar-refractivity contribution in [2.24, 2.45) is 0 Å². The standard InChI is InChI=1S/C16H21NO3/c18-14-7-5-11(12-6-8-16(19)17-10-12)9-15(14)20-13-3-1-2-4-13/h5,7,9,12-13,18H,1-4,6,8,10H2,(H,17,19). The number of ether oxygens (including phenoxy) is 1. The second-order valence-electron chi connectivity index (χ2n) is 5.79. The molecule has 1 aromatic rings. The van der Waals surface area contributed by atoms with Crippen molar-refractivity contribution in [2.45, 2.75) is 50.5 Å². The summed E-state index contributed by atoms with van der Waals surface area (Å²) in [6.07, 6.45) is 6.23. The highest BCUT2D eigenvalue weighted by Gasteiger charge is 2.22. The molecule has 1 unspecified atom stereocenters. The monoisotopic (exact) mass is 275 g/mol. The van der Waals surface area contributed by atoms with Crippen molar-refractivity contribution in [3.63, 3.8) is 0 Å². The molecule has 0 bridgehead atoms. The van der Waals surface area contributed by atoms with Gasteiger partial charge in [-0.3, -0.25) is 4.79 Å². The first-order valence-electron chi connectivity index (χ1n) is 7.48. The zero-order valence-electron chi connectivity index (χ0n) is 11.6. The topological polar surface area (TPSA) is 58.6 Å². The van der Waals surface area contributed by atoms with Crippen molar-refractivity contribution < 1.29 is 14.6 Å². The zero-order valence-corrected chi connectivity index (χ0v) is 11.6. The molecular formula is C16H21NO3. The number of nitrogens with one attached hydrogen (secondary N) is 1. The molecule has 108 valence electrons. The van der Waals surface area contributed by atoms with Gasteiger partial charge in [-0.05, 0) is 49.8 Å². The van der Waals surface area contributed by atoms with Crippen molar-refractivity contribution in [1.29, 1.82) is 0 Å². The highest BCUT2D eigenvalue weighted by Crippen LogP contribution is 2.35. The van der Waals surface area contributed by atoms with Crippen LogP contribution in [0.3, 0.4) is 0 Å². The Kier molecular flexibility index (Phi) is 3.81. The molecule has 0 spiro atoms. The second-order valence-corrected chi connectivity index (χ2v) is 5.79. The average Bonchev–Trinajstić information content (AvgIpc) is 2.95. The number of phenols is 1. The maximum atomic E-state index is 11.2. The summed E-state index contributed by atoms with van der Waals surface area (Å²) in [4.78, 5) is 11.2. The van der Waals surface area contributed by atoms with Gasteiger partial charge in [0, 0.05) is 18.9 Å². The molecule has 1 aliphatic carbocycles. The van der Waals surface area contributed by atoms with Crippen LogP contribution in [-0.4, -0.2) is 23.7 Å². The number of aromatic hydroxyl groups is 1. The van der Waals surface area contributed by atoms with Gasteiger partial charge in [-0.15, -0.1) is 0 Å². The molecule has 4 heteroatoms. The fraction of sp³-hybridized carbons (Fsp3) is 0.562. The fourth-order valence-corrected chi connectivity index (χ4v) is 3.08. The summed E-state index contributed by atoms with van der Waals surface area (Å²) >= 11 is 0. The van der Waals surface area contributed by atoms with E-state index in [-0.39, 0.29) is 17.8 Å². The first-order chi connectivity index (χ1) is 9.72. The smallest absolute Gasteiger partial charge is 0.220 e. The number of hydrogen-bond donors (Lipinski definition) is 2. The van der Waals surface area contributed by atoms with Crippen molar-refractivity contribution >= 4 is 5.91 Å². The highest BCUT2D eigenvalue weighted by atomic mass is 16.5. The Morgan fingerprint density at radius 2 is 2.00 bits per heavy atom. The van der Waals surface area contributed by atoms with Crippen LogP contribution in [0.25, 0.3) is 0 Å². The molecule has 1 saturated carbocycles. The van der Waals surface area contributed by atoms with Gasteiger partial charge in [-0.2, -0.15) is 0 Å². The SMILES string of the molecule is O=C1CCC(c2ccc(O)c(OC3CCCC3)c2)CN1. The van der Waals surface area contributed by atoms with Crippen LogP contribution < -0.4 is 10.1 Å². The van der Waals surface area contributed by atoms with E-state index < -0.39 is 0 Å². The Labute approximate surface area is 119 Å². The number of phenolic OH excluding ortho intramolecular Hbond substituents is 1. The molecule has 0 radical (unpaired) electrons. The number of piperidine rings is 1. The Balaban J connectivity index is 1.73. The highest BCUT2D eigenvalue weighted by molar-refractivity contribution is 5.76. The molecule has 2 aliphatic rings. The number of amides is 1. The quantitative estimate of drug-likeness (QED) is 0.891. The Morgan fingerprint density at radius 1 is 1.20 bits per heavy atom. The Morgan fingerprint density at radius 3 is 2.70 bits per heavy atom. The van der Waals surface area contributed by atoms with Crippen molar-refractivity contribution in [3.05, 3.63) is 23.8 Å². The van der Waals surface area contributed by atoms with E-state index in [2.05, 4.69) is 5.32 Å². The minimum Gasteiger partial charge on any atom is -0.504 e. The van der Waals surface area contributed by atoms with Gasteiger partial charge in [0.1, 0.15) is 0 Å². The third-order valence-electron chi connectivity index (χ3n) is 4.32. The van der Waals surface area contributed by atoms with Gasteiger partial charge in [0.2, 0.25) is 5.91 Å². The summed E-state index contributed by atoms with van der Waals surface area (Å²) in [7, 11) is 0. The van der Waals surface area contributed by atoms with Crippen LogP contribution in [0.1, 0.15) is 50.0 Å². The van der Waals surface area contributed by atoms with Crippen molar-refractivity contribution in [1.82, 2.24) is 5.32 Å². The number of rotatable bonds is 3. The molecular weight excluding hydrogens is 254 g/mol. The summed E-state index contributed by atoms with van der Waals surface area (Å²) in [5.74, 6) is 1.24. The Bertz CT molecular complexity index is 484. The molecule has 1 aromatic carbocycles. The third kappa shape index (κ3) is 2.89. The lowest BCUT2D eigenvalue weighted by atomic mass is 9.91. The van der Waals surface area contributed by atoms with Crippen LogP contribution in [0.5, 0.6) is 11.5 Å². The van der Waals surface area contributed by atoms with Crippen LogP contribution in [-0.2, 0) is 4.79 Å². The van der Waals surface area contributed by atoms with Crippen LogP contribution in [0, 0.1) is 0 Å². The van der Waals surface area contributed by atoms with E-state index in [0.29, 0.717) is 24.6 Å². The molecule has 1 aliphatic heterocycles. The van der Waals surface area contributed by atoms with E-state index in [0.717, 1.165) is 24.8 Å². The normalized spacial score (nSPS) is 23.6. The molecule has 2 fully saturated rings. The van der Waals surface area contributed by atoms with Crippen molar-refractivity contribution in [2.75, 3.05) is 6.54 Å². The molecule has 1 heterocycles. The maximum Gasteiger partial charge on any atom is 0.220 e. The van der Waals surface area contributed by atoms with Gasteiger partial charge in [-0.25, -0.2) is 0 Å². The van der Waals surface area contributed by atoms with Crippen LogP contribution in [0.2, 0.25) is 0 Å². The first-order valence-corrected chi connectivity index (χ1v) is 7.48. The Hall–Kier alpha value is -1.71. The predicted molar refractivity (Wildman–Crippen MR) is 76.0 cm³/mol. The summed E-state index contributed by atoms with van der Waals surface area (Å²) < 4.78 is 5.92. The molecule has 1 amide bonds. The molecule has 20 heavy (non-hydrogen) atoms. The van der Waals surface area contributed by atoms with Gasteiger partial charge in [0.05, 0.1) is 6.10 Å². The van der Waals surface area contributed by atoms with Crippen molar-refractivity contribution in [3.8, 4) is 11.5 Å². The van der Waals surface area contributed by atoms with Gasteiger partial charge in [0.15, 0.2) is 11.5 Å². The van der Waals surface area contributed by atoms with Gasteiger partial charge in [-0.1, -0.05) is 6.07 Å². The van der Waals surface area contributed by atoms with E-state index in [1.54, 1.807) is 6.07 Å². The summed E-state index contributed by atoms with van der Waals surface area (Å²) in [6.45, 7) is 0.673. The predicted octanol–water partition coefficient (Wildman–Crippen LogP) is 2.71. The zero-order chi connectivity index (χ0) is 13.9. The largest absolute Gasteiger partial charge is 0.504 e. The minimum atomic E-state index is 0.127. The minimum absolute atomic E-state index is 0.127. The maximum absolute atomic E-state index is 11.2. The third-order valence-corrected chi connectivity index (χ3v) is 4.32. The van der Waals surface area contributed by atoms with Crippen LogP contribution in [0.15, 0.2) is 18.2 Å². The summed E-state index contributed by atoms with van der Waals surface area (Å²) in [5.41, 5.74) is 1.13. The number of carbonyl (C=O) groups excluding carboxylic acids is 1.